The van der Waals surface area contributed by atoms with Crippen LogP contribution >= 0.6 is 0 Å². The van der Waals surface area contributed by atoms with Crippen molar-refractivity contribution in [3.05, 3.63) is 0 Å². The molecule has 17 heavy (non-hydrogen) atoms. The van der Waals surface area contributed by atoms with E-state index >= 15 is 0 Å². The highest BCUT2D eigenvalue weighted by Crippen LogP contribution is 2.23. The minimum Gasteiger partial charge on any atom is -0.481 e. The van der Waals surface area contributed by atoms with Crippen molar-refractivity contribution in [1.29, 1.82) is 0 Å². The Labute approximate surface area is 104 Å². The molecule has 1 fully saturated rings. The first-order valence-electron chi connectivity index (χ1n) is 6.73. The summed E-state index contributed by atoms with van der Waals surface area (Å²) >= 11 is 0. The first kappa shape index (κ1) is 14.5. The summed E-state index contributed by atoms with van der Waals surface area (Å²) in [5, 5.41) is 18.2. The summed E-state index contributed by atoms with van der Waals surface area (Å²) < 4.78 is 0. The van der Waals surface area contributed by atoms with Crippen molar-refractivity contribution in [2.24, 2.45) is 0 Å². The van der Waals surface area contributed by atoms with Gasteiger partial charge in [-0.3, -0.25) is 9.69 Å². The molecule has 0 aromatic carbocycles. The summed E-state index contributed by atoms with van der Waals surface area (Å²) in [7, 11) is 0. The molecule has 0 aromatic heterocycles. The van der Waals surface area contributed by atoms with Gasteiger partial charge in [0.25, 0.3) is 0 Å². The SMILES string of the molecule is CC(O)CN(CCCC(=O)O)C1CCCCC1. The predicted molar refractivity (Wildman–Crippen MR) is 67.0 cm³/mol. The smallest absolute Gasteiger partial charge is 0.303 e. The molecule has 0 aliphatic heterocycles. The molecule has 4 nitrogen and oxygen atoms in total. The maximum atomic E-state index is 10.5. The van der Waals surface area contributed by atoms with Crippen molar-refractivity contribution in [2.45, 2.75) is 64.0 Å². The van der Waals surface area contributed by atoms with E-state index in [1.54, 1.807) is 6.92 Å². The molecule has 0 heterocycles. The maximum absolute atomic E-state index is 10.5. The first-order chi connectivity index (χ1) is 8.09. The van der Waals surface area contributed by atoms with Crippen LogP contribution < -0.4 is 0 Å². The van der Waals surface area contributed by atoms with E-state index in [1.165, 1.54) is 32.1 Å². The number of aliphatic carboxylic acids is 1. The summed E-state index contributed by atoms with van der Waals surface area (Å²) in [6.45, 7) is 3.26. The number of carboxylic acids is 1. The monoisotopic (exact) mass is 243 g/mol. The van der Waals surface area contributed by atoms with Crippen LogP contribution in [0.5, 0.6) is 0 Å². The lowest BCUT2D eigenvalue weighted by Gasteiger charge is -2.35. The van der Waals surface area contributed by atoms with Crippen LogP contribution in [0.25, 0.3) is 0 Å². The third-order valence-electron chi connectivity index (χ3n) is 3.43. The molecular weight excluding hydrogens is 218 g/mol. The van der Waals surface area contributed by atoms with Gasteiger partial charge < -0.3 is 10.2 Å². The van der Waals surface area contributed by atoms with E-state index in [0.29, 0.717) is 19.0 Å². The minimum atomic E-state index is -0.731. The number of hydrogen-bond donors (Lipinski definition) is 2. The zero-order chi connectivity index (χ0) is 12.7. The van der Waals surface area contributed by atoms with Gasteiger partial charge in [-0.15, -0.1) is 0 Å². The van der Waals surface area contributed by atoms with Crippen LogP contribution in [0.2, 0.25) is 0 Å². The highest BCUT2D eigenvalue weighted by atomic mass is 16.4. The highest BCUT2D eigenvalue weighted by Gasteiger charge is 2.21. The average Bonchev–Trinajstić information content (AvgIpc) is 2.28. The molecule has 0 saturated heterocycles. The van der Waals surface area contributed by atoms with E-state index in [4.69, 9.17) is 5.11 Å². The zero-order valence-electron chi connectivity index (χ0n) is 10.8. The standard InChI is InChI=1S/C13H25NO3/c1-11(15)10-14(9-5-8-13(16)17)12-6-3-2-4-7-12/h11-12,15H,2-10H2,1H3,(H,16,17). The van der Waals surface area contributed by atoms with Crippen molar-refractivity contribution in [3.63, 3.8) is 0 Å². The first-order valence-corrected chi connectivity index (χ1v) is 6.73. The fourth-order valence-corrected chi connectivity index (χ4v) is 2.64. The molecule has 1 rings (SSSR count). The Morgan fingerprint density at radius 2 is 2.00 bits per heavy atom. The Balaban J connectivity index is 2.38. The number of nitrogens with zero attached hydrogens (tertiary/aromatic N) is 1. The Hall–Kier alpha value is -0.610. The summed E-state index contributed by atoms with van der Waals surface area (Å²) in [4.78, 5) is 12.8. The predicted octanol–water partition coefficient (Wildman–Crippen LogP) is 1.87. The van der Waals surface area contributed by atoms with Crippen molar-refractivity contribution < 1.29 is 15.0 Å². The minimum absolute atomic E-state index is 0.225. The molecule has 0 aromatic rings. The molecule has 0 spiro atoms. The van der Waals surface area contributed by atoms with Gasteiger partial charge in [0.05, 0.1) is 6.10 Å². The molecule has 0 radical (unpaired) electrons. The second kappa shape index (κ2) is 7.67. The Morgan fingerprint density at radius 1 is 1.35 bits per heavy atom. The number of carboxylic acid groups (broad SMARTS) is 1. The van der Waals surface area contributed by atoms with Crippen LogP contribution in [0.1, 0.15) is 51.9 Å². The number of rotatable bonds is 7. The molecule has 1 atom stereocenters. The average molecular weight is 243 g/mol. The van der Waals surface area contributed by atoms with E-state index in [9.17, 15) is 9.90 Å². The zero-order valence-corrected chi connectivity index (χ0v) is 10.8. The number of carbonyl (C=O) groups is 1. The molecule has 100 valence electrons. The fraction of sp³-hybridized carbons (Fsp3) is 0.923. The third kappa shape index (κ3) is 6.03. The second-order valence-electron chi connectivity index (χ2n) is 5.13. The van der Waals surface area contributed by atoms with Gasteiger partial charge in [-0.2, -0.15) is 0 Å². The van der Waals surface area contributed by atoms with Gasteiger partial charge in [0.15, 0.2) is 0 Å². The Kier molecular flexibility index (Phi) is 6.52. The van der Waals surface area contributed by atoms with E-state index in [2.05, 4.69) is 4.90 Å². The molecule has 0 amide bonds. The van der Waals surface area contributed by atoms with Crippen LogP contribution in [-0.4, -0.2) is 46.3 Å². The van der Waals surface area contributed by atoms with Crippen LogP contribution in [0.15, 0.2) is 0 Å². The second-order valence-corrected chi connectivity index (χ2v) is 5.13. The van der Waals surface area contributed by atoms with Crippen molar-refractivity contribution in [3.8, 4) is 0 Å². The lowest BCUT2D eigenvalue weighted by molar-refractivity contribution is -0.137. The van der Waals surface area contributed by atoms with Gasteiger partial charge in [-0.1, -0.05) is 19.3 Å². The van der Waals surface area contributed by atoms with Crippen LogP contribution in [0.4, 0.5) is 0 Å². The molecule has 0 bridgehead atoms. The van der Waals surface area contributed by atoms with Gasteiger partial charge in [0, 0.05) is 19.0 Å². The molecular formula is C13H25NO3. The van der Waals surface area contributed by atoms with Crippen LogP contribution in [0.3, 0.4) is 0 Å². The topological polar surface area (TPSA) is 60.8 Å². The van der Waals surface area contributed by atoms with E-state index in [-0.39, 0.29) is 12.5 Å². The molecule has 1 unspecified atom stereocenters. The lowest BCUT2D eigenvalue weighted by atomic mass is 9.94. The van der Waals surface area contributed by atoms with Crippen molar-refractivity contribution in [1.82, 2.24) is 4.90 Å². The van der Waals surface area contributed by atoms with Crippen LogP contribution in [0, 0.1) is 0 Å². The van der Waals surface area contributed by atoms with E-state index in [0.717, 1.165) is 6.54 Å². The highest BCUT2D eigenvalue weighted by molar-refractivity contribution is 5.66. The van der Waals surface area contributed by atoms with Gasteiger partial charge in [-0.05, 0) is 32.7 Å². The van der Waals surface area contributed by atoms with E-state index in [1.807, 2.05) is 0 Å². The Bertz CT molecular complexity index is 225. The molecule has 4 heteroatoms. The number of aliphatic hydroxyl groups is 1. The maximum Gasteiger partial charge on any atom is 0.303 e. The number of hydrogen-bond acceptors (Lipinski definition) is 3. The molecule has 2 N–H and O–H groups in total. The summed E-state index contributed by atoms with van der Waals surface area (Å²) in [6, 6.07) is 0.548. The Morgan fingerprint density at radius 3 is 2.53 bits per heavy atom. The van der Waals surface area contributed by atoms with Gasteiger partial charge >= 0.3 is 5.97 Å². The van der Waals surface area contributed by atoms with Crippen molar-refractivity contribution >= 4 is 5.97 Å². The molecule has 1 aliphatic carbocycles. The van der Waals surface area contributed by atoms with E-state index < -0.39 is 5.97 Å². The summed E-state index contributed by atoms with van der Waals surface area (Å²) in [5.74, 6) is -0.731. The quantitative estimate of drug-likeness (QED) is 0.716. The molecule has 1 aliphatic rings. The van der Waals surface area contributed by atoms with Crippen molar-refractivity contribution in [2.75, 3.05) is 13.1 Å². The van der Waals surface area contributed by atoms with Gasteiger partial charge in [0.1, 0.15) is 0 Å². The molecule has 1 saturated carbocycles. The normalized spacial score (nSPS) is 19.5. The fourth-order valence-electron chi connectivity index (χ4n) is 2.64. The number of aliphatic hydroxyl groups excluding tert-OH is 1. The van der Waals surface area contributed by atoms with Gasteiger partial charge in [-0.25, -0.2) is 0 Å². The van der Waals surface area contributed by atoms with Gasteiger partial charge in [0.2, 0.25) is 0 Å². The van der Waals surface area contributed by atoms with Crippen LogP contribution in [-0.2, 0) is 4.79 Å². The summed E-state index contributed by atoms with van der Waals surface area (Å²) in [5.41, 5.74) is 0. The lowest BCUT2D eigenvalue weighted by Crippen LogP contribution is -2.41. The summed E-state index contributed by atoms with van der Waals surface area (Å²) in [6.07, 6.45) is 6.80. The third-order valence-corrected chi connectivity index (χ3v) is 3.43. The largest absolute Gasteiger partial charge is 0.481 e.